The second-order valence-electron chi connectivity index (χ2n) is 6.74. The molecule has 120 valence electrons. The monoisotopic (exact) mass is 300 g/mol. The van der Waals surface area contributed by atoms with Crippen molar-refractivity contribution >= 4 is 12.0 Å². The second-order valence-corrected chi connectivity index (χ2v) is 6.74. The maximum atomic E-state index is 12.1. The van der Waals surface area contributed by atoms with Gasteiger partial charge in [-0.15, -0.1) is 0 Å². The SMILES string of the molecule is CC1(C)CC(NC(=O)N2CC(C)(OCC(=O)O)C2)CCO1. The van der Waals surface area contributed by atoms with Gasteiger partial charge in [0.15, 0.2) is 0 Å². The third-order valence-corrected chi connectivity index (χ3v) is 3.91. The molecular formula is C14H24N2O5. The van der Waals surface area contributed by atoms with Crippen molar-refractivity contribution in [3.8, 4) is 0 Å². The van der Waals surface area contributed by atoms with E-state index in [4.69, 9.17) is 14.6 Å². The number of carboxylic acids is 1. The Balaban J connectivity index is 1.75. The average molecular weight is 300 g/mol. The number of nitrogens with zero attached hydrogens (tertiary/aromatic N) is 1. The van der Waals surface area contributed by atoms with Crippen molar-refractivity contribution in [2.75, 3.05) is 26.3 Å². The number of ether oxygens (including phenoxy) is 2. The van der Waals surface area contributed by atoms with Crippen molar-refractivity contribution in [2.45, 2.75) is 50.9 Å². The van der Waals surface area contributed by atoms with E-state index in [0.29, 0.717) is 19.7 Å². The molecule has 7 heteroatoms. The van der Waals surface area contributed by atoms with Crippen LogP contribution in [0.1, 0.15) is 33.6 Å². The molecule has 0 spiro atoms. The summed E-state index contributed by atoms with van der Waals surface area (Å²) in [4.78, 5) is 24.3. The van der Waals surface area contributed by atoms with Gasteiger partial charge in [0.25, 0.3) is 0 Å². The zero-order valence-corrected chi connectivity index (χ0v) is 12.8. The first kappa shape index (κ1) is 16.0. The summed E-state index contributed by atoms with van der Waals surface area (Å²) in [6.45, 7) is 7.00. The average Bonchev–Trinajstić information content (AvgIpc) is 2.31. The molecule has 2 heterocycles. The Morgan fingerprint density at radius 2 is 2.05 bits per heavy atom. The minimum Gasteiger partial charge on any atom is -0.480 e. The molecule has 1 atom stereocenters. The quantitative estimate of drug-likeness (QED) is 0.803. The highest BCUT2D eigenvalue weighted by atomic mass is 16.5. The van der Waals surface area contributed by atoms with Crippen LogP contribution >= 0.6 is 0 Å². The van der Waals surface area contributed by atoms with Gasteiger partial charge in [-0.2, -0.15) is 0 Å². The summed E-state index contributed by atoms with van der Waals surface area (Å²) in [5.41, 5.74) is -0.755. The molecule has 2 saturated heterocycles. The maximum absolute atomic E-state index is 12.1. The number of nitrogens with one attached hydrogen (secondary N) is 1. The second kappa shape index (κ2) is 5.81. The Kier molecular flexibility index (Phi) is 4.43. The largest absolute Gasteiger partial charge is 0.480 e. The summed E-state index contributed by atoms with van der Waals surface area (Å²) in [7, 11) is 0. The van der Waals surface area contributed by atoms with Crippen molar-refractivity contribution in [3.63, 3.8) is 0 Å². The fourth-order valence-electron chi connectivity index (χ4n) is 2.85. The summed E-state index contributed by atoms with van der Waals surface area (Å²) in [5.74, 6) is -0.997. The van der Waals surface area contributed by atoms with Crippen LogP contribution in [-0.4, -0.2) is 65.6 Å². The lowest BCUT2D eigenvalue weighted by atomic mass is 9.93. The summed E-state index contributed by atoms with van der Waals surface area (Å²) in [6.07, 6.45) is 1.61. The van der Waals surface area contributed by atoms with E-state index >= 15 is 0 Å². The van der Waals surface area contributed by atoms with E-state index in [1.807, 2.05) is 20.8 Å². The van der Waals surface area contributed by atoms with Crippen LogP contribution in [0.4, 0.5) is 4.79 Å². The number of urea groups is 1. The third-order valence-electron chi connectivity index (χ3n) is 3.91. The lowest BCUT2D eigenvalue weighted by molar-refractivity contribution is -0.159. The number of likely N-dealkylation sites (tertiary alicyclic amines) is 1. The molecule has 2 aliphatic heterocycles. The molecule has 0 radical (unpaired) electrons. The lowest BCUT2D eigenvalue weighted by Crippen LogP contribution is -2.66. The first-order valence-corrected chi connectivity index (χ1v) is 7.24. The smallest absolute Gasteiger partial charge is 0.329 e. The standard InChI is InChI=1S/C14H24N2O5/c1-13(2)6-10(4-5-20-13)15-12(19)16-8-14(3,9-16)21-7-11(17)18/h10H,4-9H2,1-3H3,(H,15,19)(H,17,18). The van der Waals surface area contributed by atoms with E-state index in [0.717, 1.165) is 12.8 Å². The van der Waals surface area contributed by atoms with Gasteiger partial charge in [0, 0.05) is 12.6 Å². The van der Waals surface area contributed by atoms with E-state index < -0.39 is 11.6 Å². The van der Waals surface area contributed by atoms with Crippen LogP contribution in [-0.2, 0) is 14.3 Å². The summed E-state index contributed by atoms with van der Waals surface area (Å²) < 4.78 is 10.9. The van der Waals surface area contributed by atoms with Crippen LogP contribution in [0.5, 0.6) is 0 Å². The van der Waals surface area contributed by atoms with Crippen molar-refractivity contribution < 1.29 is 24.2 Å². The molecule has 0 aromatic carbocycles. The zero-order chi connectivity index (χ0) is 15.7. The van der Waals surface area contributed by atoms with Crippen LogP contribution in [0.3, 0.4) is 0 Å². The maximum Gasteiger partial charge on any atom is 0.329 e. The number of hydrogen-bond acceptors (Lipinski definition) is 4. The van der Waals surface area contributed by atoms with Gasteiger partial charge >= 0.3 is 12.0 Å². The number of carbonyl (C=O) groups excluding carboxylic acids is 1. The number of hydrogen-bond donors (Lipinski definition) is 2. The Morgan fingerprint density at radius 3 is 2.62 bits per heavy atom. The van der Waals surface area contributed by atoms with Crippen molar-refractivity contribution in [2.24, 2.45) is 0 Å². The van der Waals surface area contributed by atoms with E-state index in [1.165, 1.54) is 0 Å². The molecule has 2 N–H and O–H groups in total. The molecule has 2 aliphatic rings. The molecule has 0 aliphatic carbocycles. The molecule has 0 saturated carbocycles. The van der Waals surface area contributed by atoms with Gasteiger partial charge in [-0.05, 0) is 33.6 Å². The Hall–Kier alpha value is -1.34. The molecule has 0 aromatic rings. The first-order chi connectivity index (χ1) is 9.69. The number of carbonyl (C=O) groups is 2. The van der Waals surface area contributed by atoms with E-state index in [9.17, 15) is 9.59 Å². The van der Waals surface area contributed by atoms with Crippen molar-refractivity contribution in [1.29, 1.82) is 0 Å². The number of rotatable bonds is 4. The summed E-state index contributed by atoms with van der Waals surface area (Å²) >= 11 is 0. The van der Waals surface area contributed by atoms with Gasteiger partial charge in [0.1, 0.15) is 12.2 Å². The molecule has 0 bridgehead atoms. The van der Waals surface area contributed by atoms with Gasteiger partial charge in [-0.3, -0.25) is 0 Å². The van der Waals surface area contributed by atoms with Gasteiger partial charge in [0.2, 0.25) is 0 Å². The van der Waals surface area contributed by atoms with Crippen molar-refractivity contribution in [1.82, 2.24) is 10.2 Å². The van der Waals surface area contributed by atoms with Gasteiger partial charge in [-0.1, -0.05) is 0 Å². The minimum atomic E-state index is -0.997. The number of carboxylic acid groups (broad SMARTS) is 1. The number of aliphatic carboxylic acids is 1. The van der Waals surface area contributed by atoms with Crippen LogP contribution in [0, 0.1) is 0 Å². The Morgan fingerprint density at radius 1 is 1.38 bits per heavy atom. The Labute approximate surface area is 124 Å². The third kappa shape index (κ3) is 4.31. The van der Waals surface area contributed by atoms with Crippen molar-refractivity contribution in [3.05, 3.63) is 0 Å². The van der Waals surface area contributed by atoms with Gasteiger partial charge in [-0.25, -0.2) is 9.59 Å². The predicted octanol–water partition coefficient (Wildman–Crippen LogP) is 0.829. The van der Waals surface area contributed by atoms with Gasteiger partial charge < -0.3 is 24.8 Å². The number of amides is 2. The first-order valence-electron chi connectivity index (χ1n) is 7.24. The summed E-state index contributed by atoms with van der Waals surface area (Å²) in [5, 5.41) is 11.6. The van der Waals surface area contributed by atoms with E-state index in [2.05, 4.69) is 5.32 Å². The van der Waals surface area contributed by atoms with Crippen LogP contribution < -0.4 is 5.32 Å². The Bertz CT molecular complexity index is 418. The van der Waals surface area contributed by atoms with Crippen LogP contribution in [0.15, 0.2) is 0 Å². The lowest BCUT2D eigenvalue weighted by Gasteiger charge is -2.47. The molecule has 2 fully saturated rings. The minimum absolute atomic E-state index is 0.117. The van der Waals surface area contributed by atoms with E-state index in [1.54, 1.807) is 4.90 Å². The molecular weight excluding hydrogens is 276 g/mol. The highest BCUT2D eigenvalue weighted by Crippen LogP contribution is 2.27. The normalized spacial score (nSPS) is 26.8. The molecule has 2 amide bonds. The molecule has 7 nitrogen and oxygen atoms in total. The van der Waals surface area contributed by atoms with Gasteiger partial charge in [0.05, 0.1) is 18.7 Å². The molecule has 2 rings (SSSR count). The van der Waals surface area contributed by atoms with Crippen LogP contribution in [0.25, 0.3) is 0 Å². The highest BCUT2D eigenvalue weighted by Gasteiger charge is 2.43. The molecule has 1 unspecified atom stereocenters. The summed E-state index contributed by atoms with van der Waals surface area (Å²) in [6, 6.07) is 0.00199. The molecule has 0 aromatic heterocycles. The molecule has 21 heavy (non-hydrogen) atoms. The highest BCUT2D eigenvalue weighted by molar-refractivity contribution is 5.76. The predicted molar refractivity (Wildman–Crippen MR) is 75.2 cm³/mol. The zero-order valence-electron chi connectivity index (χ0n) is 12.8. The topological polar surface area (TPSA) is 88.1 Å². The van der Waals surface area contributed by atoms with Crippen LogP contribution in [0.2, 0.25) is 0 Å². The fourth-order valence-corrected chi connectivity index (χ4v) is 2.85. The van der Waals surface area contributed by atoms with E-state index in [-0.39, 0.29) is 24.3 Å². The fraction of sp³-hybridized carbons (Fsp3) is 0.857.